The third-order valence-electron chi connectivity index (χ3n) is 5.50. The highest BCUT2D eigenvalue weighted by Gasteiger charge is 2.33. The van der Waals surface area contributed by atoms with Gasteiger partial charge in [0.1, 0.15) is 0 Å². The third kappa shape index (κ3) is 5.14. The molecule has 0 bridgehead atoms. The largest absolute Gasteiger partial charge is 0.396 e. The van der Waals surface area contributed by atoms with Gasteiger partial charge in [0.05, 0.1) is 0 Å². The summed E-state index contributed by atoms with van der Waals surface area (Å²) in [6, 6.07) is 1.14. The van der Waals surface area contributed by atoms with Crippen molar-refractivity contribution in [1.82, 2.24) is 24.7 Å². The molecule has 3 rings (SSSR count). The zero-order valence-electron chi connectivity index (χ0n) is 15.5. The van der Waals surface area contributed by atoms with E-state index in [0.717, 1.165) is 37.8 Å². The van der Waals surface area contributed by atoms with Crippen LogP contribution in [0.2, 0.25) is 0 Å². The molecule has 2 aliphatic rings. The number of likely N-dealkylation sites (tertiary alicyclic amines) is 1. The number of aliphatic hydroxyl groups is 1. The minimum absolute atomic E-state index is 0.271. The van der Waals surface area contributed by atoms with Crippen LogP contribution in [0.5, 0.6) is 0 Å². The molecule has 0 aromatic carbocycles. The van der Waals surface area contributed by atoms with Crippen molar-refractivity contribution in [1.29, 1.82) is 0 Å². The lowest BCUT2D eigenvalue weighted by molar-refractivity contribution is 0.00593. The maximum atomic E-state index is 9.53. The van der Waals surface area contributed by atoms with E-state index >= 15 is 0 Å². The van der Waals surface area contributed by atoms with Crippen molar-refractivity contribution in [2.45, 2.75) is 43.0 Å². The van der Waals surface area contributed by atoms with Crippen LogP contribution in [0.25, 0.3) is 0 Å². The average Bonchev–Trinajstić information content (AvgIpc) is 2.64. The molecule has 6 nitrogen and oxygen atoms in total. The topological polar surface area (TPSA) is 55.7 Å². The smallest absolute Gasteiger partial charge is 0.187 e. The summed E-state index contributed by atoms with van der Waals surface area (Å²) in [4.78, 5) is 16.4. The van der Waals surface area contributed by atoms with Crippen molar-refractivity contribution < 1.29 is 5.11 Å². The number of aromatic nitrogens is 2. The van der Waals surface area contributed by atoms with E-state index < -0.39 is 0 Å². The van der Waals surface area contributed by atoms with Crippen molar-refractivity contribution in [3.05, 3.63) is 18.0 Å². The van der Waals surface area contributed by atoms with Gasteiger partial charge in [0.25, 0.3) is 0 Å². The zero-order chi connectivity index (χ0) is 17.6. The van der Waals surface area contributed by atoms with Crippen LogP contribution in [0, 0.1) is 0 Å². The van der Waals surface area contributed by atoms with E-state index in [1.807, 2.05) is 18.6 Å². The first kappa shape index (κ1) is 19.0. The second-order valence-electron chi connectivity index (χ2n) is 7.25. The van der Waals surface area contributed by atoms with Gasteiger partial charge in [-0.15, -0.1) is 0 Å². The molecule has 2 fully saturated rings. The van der Waals surface area contributed by atoms with Gasteiger partial charge in [0.15, 0.2) is 5.16 Å². The summed E-state index contributed by atoms with van der Waals surface area (Å²) >= 11 is 1.57. The van der Waals surface area contributed by atoms with Crippen molar-refractivity contribution in [2.75, 3.05) is 52.6 Å². The molecule has 7 heteroatoms. The minimum Gasteiger partial charge on any atom is -0.396 e. The average molecular weight is 366 g/mol. The van der Waals surface area contributed by atoms with Crippen LogP contribution in [0.1, 0.15) is 24.8 Å². The first-order valence-electron chi connectivity index (χ1n) is 9.32. The van der Waals surface area contributed by atoms with E-state index in [0.29, 0.717) is 12.1 Å². The van der Waals surface area contributed by atoms with Crippen molar-refractivity contribution in [2.24, 2.45) is 0 Å². The molecule has 0 amide bonds. The molecule has 140 valence electrons. The van der Waals surface area contributed by atoms with Gasteiger partial charge < -0.3 is 10.0 Å². The Morgan fingerprint density at radius 1 is 1.16 bits per heavy atom. The number of piperidine rings is 1. The van der Waals surface area contributed by atoms with Crippen LogP contribution >= 0.6 is 11.8 Å². The highest BCUT2D eigenvalue weighted by atomic mass is 32.2. The van der Waals surface area contributed by atoms with E-state index in [-0.39, 0.29) is 6.61 Å². The molecule has 0 aliphatic carbocycles. The third-order valence-corrected chi connectivity index (χ3v) is 6.08. The monoisotopic (exact) mass is 365 g/mol. The Labute approximate surface area is 155 Å². The van der Waals surface area contributed by atoms with E-state index in [9.17, 15) is 5.11 Å². The normalized spacial score (nSPS) is 24.7. The van der Waals surface area contributed by atoms with Crippen LogP contribution in [0.3, 0.4) is 0 Å². The summed E-state index contributed by atoms with van der Waals surface area (Å²) in [7, 11) is 2.21. The van der Waals surface area contributed by atoms with Crippen molar-refractivity contribution in [3.63, 3.8) is 0 Å². The number of nitrogens with zero attached hydrogens (tertiary/aromatic N) is 5. The fraction of sp³-hybridized carbons (Fsp3) is 0.778. The summed E-state index contributed by atoms with van der Waals surface area (Å²) in [5.74, 6) is 0. The molecular weight excluding hydrogens is 334 g/mol. The molecule has 3 heterocycles. The van der Waals surface area contributed by atoms with Crippen LogP contribution in [-0.2, 0) is 6.54 Å². The van der Waals surface area contributed by atoms with Gasteiger partial charge in [0, 0.05) is 62.8 Å². The van der Waals surface area contributed by atoms with Gasteiger partial charge in [-0.1, -0.05) is 11.8 Å². The Hall–Kier alpha value is -0.730. The Balaban J connectivity index is 1.58. The molecule has 0 radical (unpaired) electrons. The van der Waals surface area contributed by atoms with Crippen molar-refractivity contribution >= 4 is 11.8 Å². The van der Waals surface area contributed by atoms with Gasteiger partial charge in [-0.3, -0.25) is 9.80 Å². The van der Waals surface area contributed by atoms with Gasteiger partial charge in [0.2, 0.25) is 0 Å². The summed E-state index contributed by atoms with van der Waals surface area (Å²) in [6.45, 7) is 6.76. The Kier molecular flexibility index (Phi) is 7.07. The fourth-order valence-electron chi connectivity index (χ4n) is 4.08. The Bertz CT molecular complexity index is 521. The maximum absolute atomic E-state index is 9.53. The lowest BCUT2D eigenvalue weighted by atomic mass is 9.98. The Morgan fingerprint density at radius 3 is 2.52 bits per heavy atom. The standard InChI is InChI=1S/C18H31N5OS/c1-21-6-3-16(4-7-21)23-9-8-22(14-17(23)5-10-24)13-15-11-19-18(25-2)20-12-15/h11-12,16-17,24H,3-10,13-14H2,1-2H3/t17-/m1/s1. The number of thioether (sulfide) groups is 1. The van der Waals surface area contributed by atoms with Crippen molar-refractivity contribution in [3.8, 4) is 0 Å². The Morgan fingerprint density at radius 2 is 1.88 bits per heavy atom. The van der Waals surface area contributed by atoms with E-state index in [2.05, 4.69) is 31.7 Å². The molecule has 1 atom stereocenters. The predicted molar refractivity (Wildman–Crippen MR) is 102 cm³/mol. The molecule has 0 saturated carbocycles. The molecule has 0 spiro atoms. The van der Waals surface area contributed by atoms with E-state index in [1.165, 1.54) is 31.5 Å². The second-order valence-corrected chi connectivity index (χ2v) is 8.02. The summed E-state index contributed by atoms with van der Waals surface area (Å²) < 4.78 is 0. The van der Waals surface area contributed by atoms with Gasteiger partial charge in [-0.25, -0.2) is 9.97 Å². The highest BCUT2D eigenvalue weighted by molar-refractivity contribution is 7.98. The minimum atomic E-state index is 0.271. The lowest BCUT2D eigenvalue weighted by Crippen LogP contribution is -2.58. The first-order chi connectivity index (χ1) is 12.2. The summed E-state index contributed by atoms with van der Waals surface area (Å²) in [5.41, 5.74) is 1.17. The SMILES string of the molecule is CSc1ncc(CN2CCN(C3CCN(C)CC3)[C@H](CCO)C2)cn1. The second kappa shape index (κ2) is 9.28. The molecule has 1 N–H and O–H groups in total. The van der Waals surface area contributed by atoms with Crippen LogP contribution < -0.4 is 0 Å². The van der Waals surface area contributed by atoms with Crippen LogP contribution in [0.4, 0.5) is 0 Å². The number of hydrogen-bond donors (Lipinski definition) is 1. The molecule has 2 aliphatic heterocycles. The fourth-order valence-corrected chi connectivity index (χ4v) is 4.40. The first-order valence-corrected chi connectivity index (χ1v) is 10.5. The van der Waals surface area contributed by atoms with Crippen LogP contribution in [0.15, 0.2) is 17.6 Å². The molecular formula is C18H31N5OS. The van der Waals surface area contributed by atoms with E-state index in [4.69, 9.17) is 0 Å². The van der Waals surface area contributed by atoms with E-state index in [1.54, 1.807) is 11.8 Å². The lowest BCUT2D eigenvalue weighted by Gasteiger charge is -2.47. The molecule has 1 aromatic heterocycles. The number of aliphatic hydroxyl groups excluding tert-OH is 1. The number of hydrogen-bond acceptors (Lipinski definition) is 7. The molecule has 25 heavy (non-hydrogen) atoms. The van der Waals surface area contributed by atoms with Gasteiger partial charge >= 0.3 is 0 Å². The summed E-state index contributed by atoms with van der Waals surface area (Å²) in [5, 5.41) is 10.4. The molecule has 0 unspecified atom stereocenters. The molecule has 2 saturated heterocycles. The number of rotatable bonds is 6. The predicted octanol–water partition coefficient (Wildman–Crippen LogP) is 1.16. The maximum Gasteiger partial charge on any atom is 0.187 e. The zero-order valence-corrected chi connectivity index (χ0v) is 16.3. The van der Waals surface area contributed by atoms with Gasteiger partial charge in [-0.2, -0.15) is 0 Å². The quantitative estimate of drug-likeness (QED) is 0.600. The summed E-state index contributed by atoms with van der Waals surface area (Å²) in [6.07, 6.45) is 9.26. The molecule has 1 aromatic rings. The van der Waals surface area contributed by atoms with Crippen LogP contribution in [-0.4, -0.2) is 94.5 Å². The van der Waals surface area contributed by atoms with Gasteiger partial charge in [-0.05, 0) is 45.7 Å². The highest BCUT2D eigenvalue weighted by Crippen LogP contribution is 2.23. The number of piperazine rings is 1.